The predicted octanol–water partition coefficient (Wildman–Crippen LogP) is 3.57. The predicted molar refractivity (Wildman–Crippen MR) is 92.4 cm³/mol. The topological polar surface area (TPSA) is 76.1 Å². The van der Waals surface area contributed by atoms with Crippen molar-refractivity contribution in [2.75, 3.05) is 13.7 Å². The van der Waals surface area contributed by atoms with Gasteiger partial charge in [0.1, 0.15) is 23.9 Å². The third kappa shape index (κ3) is 4.72. The van der Waals surface area contributed by atoms with E-state index >= 15 is 0 Å². The highest BCUT2D eigenvalue weighted by Gasteiger charge is 2.26. The van der Waals surface area contributed by atoms with Crippen LogP contribution in [0, 0.1) is 12.7 Å². The molecule has 0 saturated heterocycles. The molecule has 1 atom stereocenters. The Bertz CT molecular complexity index is 791. The van der Waals surface area contributed by atoms with Gasteiger partial charge in [0.15, 0.2) is 0 Å². The van der Waals surface area contributed by atoms with Gasteiger partial charge in [-0.15, -0.1) is 0 Å². The quantitative estimate of drug-likeness (QED) is 0.824. The zero-order valence-corrected chi connectivity index (χ0v) is 14.7. The zero-order chi connectivity index (χ0) is 19.3. The number of aryl methyl sites for hydroxylation is 1. The van der Waals surface area contributed by atoms with E-state index in [4.69, 9.17) is 4.74 Å². The maximum absolute atomic E-state index is 13.4. The lowest BCUT2D eigenvalue weighted by atomic mass is 10.1. The number of rotatable bonds is 5. The van der Waals surface area contributed by atoms with Crippen LogP contribution >= 0.6 is 0 Å². The van der Waals surface area contributed by atoms with E-state index in [1.54, 1.807) is 26.0 Å². The molecule has 0 aliphatic rings. The second-order valence-electron chi connectivity index (χ2n) is 5.75. The van der Waals surface area contributed by atoms with E-state index in [2.05, 4.69) is 4.74 Å². The number of hydrogen-bond acceptors (Lipinski definition) is 5. The average Bonchev–Trinajstić information content (AvgIpc) is 2.62. The van der Waals surface area contributed by atoms with Crippen LogP contribution < -0.4 is 4.74 Å². The van der Waals surface area contributed by atoms with Crippen molar-refractivity contribution in [3.05, 3.63) is 59.4 Å². The Morgan fingerprint density at radius 1 is 1.19 bits per heavy atom. The standard InChI is InChI=1S/C19H20FNO5/c1-12-10-16(8-9-17(12)20)26-19(24)21(11-18(23)25-3)13(2)14-4-6-15(22)7-5-14/h4-10,13,22H,11H2,1-3H3. The molecule has 1 N–H and O–H groups in total. The second-order valence-corrected chi connectivity index (χ2v) is 5.75. The van der Waals surface area contributed by atoms with Crippen molar-refractivity contribution in [1.82, 2.24) is 4.90 Å². The van der Waals surface area contributed by atoms with E-state index in [0.29, 0.717) is 11.1 Å². The van der Waals surface area contributed by atoms with Gasteiger partial charge in [-0.05, 0) is 55.3 Å². The van der Waals surface area contributed by atoms with E-state index in [-0.39, 0.29) is 18.0 Å². The lowest BCUT2D eigenvalue weighted by Gasteiger charge is -2.27. The van der Waals surface area contributed by atoms with Gasteiger partial charge in [0, 0.05) is 0 Å². The lowest BCUT2D eigenvalue weighted by molar-refractivity contribution is -0.141. The Kier molecular flexibility index (Phi) is 6.16. The summed E-state index contributed by atoms with van der Waals surface area (Å²) < 4.78 is 23.3. The van der Waals surface area contributed by atoms with Crippen LogP contribution in [0.4, 0.5) is 9.18 Å². The first-order valence-electron chi connectivity index (χ1n) is 7.92. The van der Waals surface area contributed by atoms with Gasteiger partial charge in [-0.2, -0.15) is 0 Å². The SMILES string of the molecule is COC(=O)CN(C(=O)Oc1ccc(F)c(C)c1)C(C)c1ccc(O)cc1. The van der Waals surface area contributed by atoms with Crippen LogP contribution in [0.1, 0.15) is 24.1 Å². The van der Waals surface area contributed by atoms with Crippen LogP contribution in [0.25, 0.3) is 0 Å². The summed E-state index contributed by atoms with van der Waals surface area (Å²) in [7, 11) is 1.22. The van der Waals surface area contributed by atoms with Gasteiger partial charge in [-0.3, -0.25) is 9.69 Å². The highest BCUT2D eigenvalue weighted by Crippen LogP contribution is 2.24. The van der Waals surface area contributed by atoms with Gasteiger partial charge in [-0.1, -0.05) is 12.1 Å². The van der Waals surface area contributed by atoms with Crippen LogP contribution in [0.3, 0.4) is 0 Å². The first kappa shape index (κ1) is 19.2. The molecule has 0 aliphatic carbocycles. The molecular formula is C19H20FNO5. The minimum atomic E-state index is -0.776. The normalized spacial score (nSPS) is 11.5. The molecular weight excluding hydrogens is 341 g/mol. The van der Waals surface area contributed by atoms with Crippen molar-refractivity contribution in [2.45, 2.75) is 19.9 Å². The van der Waals surface area contributed by atoms with E-state index in [9.17, 15) is 19.1 Å². The summed E-state index contributed by atoms with van der Waals surface area (Å²) in [5, 5.41) is 9.40. The molecule has 0 aromatic heterocycles. The zero-order valence-electron chi connectivity index (χ0n) is 14.7. The van der Waals surface area contributed by atoms with Crippen molar-refractivity contribution in [3.8, 4) is 11.5 Å². The molecule has 138 valence electrons. The third-order valence-corrected chi connectivity index (χ3v) is 3.94. The van der Waals surface area contributed by atoms with Crippen LogP contribution in [0.5, 0.6) is 11.5 Å². The Hall–Kier alpha value is -3.09. The van der Waals surface area contributed by atoms with E-state index in [0.717, 1.165) is 0 Å². The molecule has 1 unspecified atom stereocenters. The van der Waals surface area contributed by atoms with Crippen LogP contribution in [-0.2, 0) is 9.53 Å². The van der Waals surface area contributed by atoms with E-state index < -0.39 is 23.9 Å². The lowest BCUT2D eigenvalue weighted by Crippen LogP contribution is -2.40. The summed E-state index contributed by atoms with van der Waals surface area (Å²) >= 11 is 0. The molecule has 0 saturated carbocycles. The van der Waals surface area contributed by atoms with Gasteiger partial charge in [0.2, 0.25) is 0 Å². The van der Waals surface area contributed by atoms with Gasteiger partial charge < -0.3 is 14.6 Å². The molecule has 0 radical (unpaired) electrons. The monoisotopic (exact) mass is 361 g/mol. The number of carbonyl (C=O) groups is 2. The molecule has 2 aromatic rings. The van der Waals surface area contributed by atoms with Gasteiger partial charge in [0.25, 0.3) is 0 Å². The molecule has 2 aromatic carbocycles. The number of phenols is 1. The number of benzene rings is 2. The number of aromatic hydroxyl groups is 1. The number of phenolic OH excluding ortho intramolecular Hbond substituents is 1. The summed E-state index contributed by atoms with van der Waals surface area (Å²) in [6, 6.07) is 9.65. The molecule has 7 heteroatoms. The van der Waals surface area contributed by atoms with Crippen LogP contribution in [0.2, 0.25) is 0 Å². The Balaban J connectivity index is 2.24. The highest BCUT2D eigenvalue weighted by molar-refractivity contribution is 5.79. The number of methoxy groups -OCH3 is 1. The Labute approximate surface area is 150 Å². The average molecular weight is 361 g/mol. The maximum atomic E-state index is 13.4. The second kappa shape index (κ2) is 8.33. The fraction of sp³-hybridized carbons (Fsp3) is 0.263. The van der Waals surface area contributed by atoms with Crippen molar-refractivity contribution < 1.29 is 28.6 Å². The van der Waals surface area contributed by atoms with Gasteiger partial charge in [0.05, 0.1) is 13.2 Å². The van der Waals surface area contributed by atoms with E-state index in [1.165, 1.54) is 42.3 Å². The number of carbonyl (C=O) groups excluding carboxylic acids is 2. The van der Waals surface area contributed by atoms with Gasteiger partial charge >= 0.3 is 12.1 Å². The third-order valence-electron chi connectivity index (χ3n) is 3.94. The number of nitrogens with zero attached hydrogens (tertiary/aromatic N) is 1. The number of amides is 1. The Morgan fingerprint density at radius 2 is 1.85 bits per heavy atom. The minimum Gasteiger partial charge on any atom is -0.508 e. The summed E-state index contributed by atoms with van der Waals surface area (Å²) in [6.07, 6.45) is -0.776. The molecule has 1 amide bonds. The van der Waals surface area contributed by atoms with Crippen LogP contribution in [0.15, 0.2) is 42.5 Å². The van der Waals surface area contributed by atoms with Crippen LogP contribution in [-0.4, -0.2) is 35.7 Å². The fourth-order valence-corrected chi connectivity index (χ4v) is 2.34. The molecule has 0 fully saturated rings. The molecule has 0 heterocycles. The van der Waals surface area contributed by atoms with Crippen molar-refractivity contribution in [1.29, 1.82) is 0 Å². The molecule has 2 rings (SSSR count). The number of hydrogen-bond donors (Lipinski definition) is 1. The molecule has 0 aliphatic heterocycles. The highest BCUT2D eigenvalue weighted by atomic mass is 19.1. The minimum absolute atomic E-state index is 0.0878. The summed E-state index contributed by atoms with van der Waals surface area (Å²) in [6.45, 7) is 2.95. The fourth-order valence-electron chi connectivity index (χ4n) is 2.34. The summed E-state index contributed by atoms with van der Waals surface area (Å²) in [4.78, 5) is 25.5. The largest absolute Gasteiger partial charge is 0.508 e. The Morgan fingerprint density at radius 3 is 2.42 bits per heavy atom. The van der Waals surface area contributed by atoms with E-state index in [1.807, 2.05) is 0 Å². The maximum Gasteiger partial charge on any atom is 0.416 e. The number of ether oxygens (including phenoxy) is 2. The number of halogens is 1. The summed E-state index contributed by atoms with van der Waals surface area (Å²) in [5.74, 6) is -0.761. The summed E-state index contributed by atoms with van der Waals surface area (Å²) in [5.41, 5.74) is 1.03. The van der Waals surface area contributed by atoms with Crippen molar-refractivity contribution in [2.24, 2.45) is 0 Å². The molecule has 0 spiro atoms. The first-order valence-corrected chi connectivity index (χ1v) is 7.92. The van der Waals surface area contributed by atoms with Crippen molar-refractivity contribution >= 4 is 12.1 Å². The molecule has 26 heavy (non-hydrogen) atoms. The molecule has 0 bridgehead atoms. The number of esters is 1. The van der Waals surface area contributed by atoms with Crippen molar-refractivity contribution in [3.63, 3.8) is 0 Å². The smallest absolute Gasteiger partial charge is 0.416 e. The first-order chi connectivity index (χ1) is 12.3. The van der Waals surface area contributed by atoms with Gasteiger partial charge in [-0.25, -0.2) is 9.18 Å². The molecule has 6 nitrogen and oxygen atoms in total.